The number of likely N-dealkylation sites (tertiary alicyclic amines) is 1. The fourth-order valence-electron chi connectivity index (χ4n) is 2.41. The minimum Gasteiger partial charge on any atom is -0.380 e. The van der Waals surface area contributed by atoms with E-state index in [0.717, 1.165) is 32.1 Å². The Kier molecular flexibility index (Phi) is 6.78. The second-order valence-corrected chi connectivity index (χ2v) is 5.25. The minimum absolute atomic E-state index is 0.643. The molecule has 1 rings (SSSR count). The summed E-state index contributed by atoms with van der Waals surface area (Å²) in [5.74, 6) is 0.726. The SMILES string of the molecule is C=CCCOCCNC1CC(C)N(C)CC1C. The van der Waals surface area contributed by atoms with Crippen molar-refractivity contribution in [3.63, 3.8) is 0 Å². The first-order valence-corrected chi connectivity index (χ1v) is 6.77. The summed E-state index contributed by atoms with van der Waals surface area (Å²) in [5, 5.41) is 3.62. The first-order valence-electron chi connectivity index (χ1n) is 6.77. The molecule has 0 bridgehead atoms. The summed E-state index contributed by atoms with van der Waals surface area (Å²) < 4.78 is 5.50. The van der Waals surface area contributed by atoms with Crippen molar-refractivity contribution in [3.05, 3.63) is 12.7 Å². The van der Waals surface area contributed by atoms with Gasteiger partial charge in [0.15, 0.2) is 0 Å². The number of piperidine rings is 1. The van der Waals surface area contributed by atoms with Gasteiger partial charge in [0, 0.05) is 25.2 Å². The summed E-state index contributed by atoms with van der Waals surface area (Å²) in [7, 11) is 2.22. The van der Waals surface area contributed by atoms with E-state index in [9.17, 15) is 0 Å². The summed E-state index contributed by atoms with van der Waals surface area (Å²) in [6.45, 7) is 12.1. The highest BCUT2D eigenvalue weighted by atomic mass is 16.5. The van der Waals surface area contributed by atoms with Crippen molar-refractivity contribution in [2.24, 2.45) is 5.92 Å². The number of rotatable bonds is 7. The van der Waals surface area contributed by atoms with E-state index in [1.54, 1.807) is 0 Å². The molecule has 1 fully saturated rings. The van der Waals surface area contributed by atoms with Crippen LogP contribution in [0.15, 0.2) is 12.7 Å². The molecule has 0 amide bonds. The highest BCUT2D eigenvalue weighted by Crippen LogP contribution is 2.20. The van der Waals surface area contributed by atoms with Gasteiger partial charge in [-0.25, -0.2) is 0 Å². The van der Waals surface area contributed by atoms with Crippen molar-refractivity contribution in [2.75, 3.05) is 33.4 Å². The highest BCUT2D eigenvalue weighted by Gasteiger charge is 2.28. The smallest absolute Gasteiger partial charge is 0.0591 e. The van der Waals surface area contributed by atoms with E-state index in [4.69, 9.17) is 4.74 Å². The Morgan fingerprint density at radius 1 is 1.41 bits per heavy atom. The molecule has 0 radical (unpaired) electrons. The average Bonchev–Trinajstić information content (AvgIpc) is 2.30. The zero-order chi connectivity index (χ0) is 12.7. The number of hydrogen-bond donors (Lipinski definition) is 1. The zero-order valence-electron chi connectivity index (χ0n) is 11.6. The largest absolute Gasteiger partial charge is 0.380 e. The van der Waals surface area contributed by atoms with Gasteiger partial charge in [0.1, 0.15) is 0 Å². The van der Waals surface area contributed by atoms with E-state index in [-0.39, 0.29) is 0 Å². The highest BCUT2D eigenvalue weighted by molar-refractivity contribution is 4.85. The Balaban J connectivity index is 2.11. The van der Waals surface area contributed by atoms with Crippen molar-refractivity contribution >= 4 is 0 Å². The van der Waals surface area contributed by atoms with Crippen LogP contribution >= 0.6 is 0 Å². The number of ether oxygens (including phenoxy) is 1. The third-order valence-electron chi connectivity index (χ3n) is 3.73. The average molecular weight is 240 g/mol. The molecular weight excluding hydrogens is 212 g/mol. The van der Waals surface area contributed by atoms with Crippen LogP contribution in [0.5, 0.6) is 0 Å². The third kappa shape index (κ3) is 5.19. The molecule has 3 heteroatoms. The molecule has 3 atom stereocenters. The van der Waals surface area contributed by atoms with E-state index in [1.807, 2.05) is 6.08 Å². The van der Waals surface area contributed by atoms with Crippen molar-refractivity contribution in [3.8, 4) is 0 Å². The predicted molar refractivity (Wildman–Crippen MR) is 73.3 cm³/mol. The predicted octanol–water partition coefficient (Wildman–Crippen LogP) is 1.90. The maximum absolute atomic E-state index is 5.50. The van der Waals surface area contributed by atoms with Crippen LogP contribution in [0, 0.1) is 5.92 Å². The summed E-state index contributed by atoms with van der Waals surface area (Å²) >= 11 is 0. The summed E-state index contributed by atoms with van der Waals surface area (Å²) in [6, 6.07) is 1.33. The van der Waals surface area contributed by atoms with Gasteiger partial charge in [0.25, 0.3) is 0 Å². The van der Waals surface area contributed by atoms with Crippen molar-refractivity contribution in [1.29, 1.82) is 0 Å². The number of nitrogens with zero attached hydrogens (tertiary/aromatic N) is 1. The quantitative estimate of drug-likeness (QED) is 0.543. The van der Waals surface area contributed by atoms with Gasteiger partial charge < -0.3 is 15.0 Å². The fourth-order valence-corrected chi connectivity index (χ4v) is 2.41. The van der Waals surface area contributed by atoms with Gasteiger partial charge in [0.05, 0.1) is 13.2 Å². The van der Waals surface area contributed by atoms with E-state index in [0.29, 0.717) is 12.1 Å². The van der Waals surface area contributed by atoms with Crippen LogP contribution < -0.4 is 5.32 Å². The minimum atomic E-state index is 0.643. The van der Waals surface area contributed by atoms with E-state index in [1.165, 1.54) is 13.0 Å². The van der Waals surface area contributed by atoms with Gasteiger partial charge in [-0.05, 0) is 32.7 Å². The Bertz CT molecular complexity index is 220. The van der Waals surface area contributed by atoms with Gasteiger partial charge in [-0.2, -0.15) is 0 Å². The van der Waals surface area contributed by atoms with Gasteiger partial charge in [0.2, 0.25) is 0 Å². The molecule has 0 aromatic carbocycles. The van der Waals surface area contributed by atoms with Gasteiger partial charge >= 0.3 is 0 Å². The van der Waals surface area contributed by atoms with Crippen molar-refractivity contribution in [2.45, 2.75) is 38.8 Å². The van der Waals surface area contributed by atoms with Crippen LogP contribution in [0.1, 0.15) is 26.7 Å². The molecule has 0 aromatic heterocycles. The fraction of sp³-hybridized carbons (Fsp3) is 0.857. The maximum Gasteiger partial charge on any atom is 0.0591 e. The molecule has 3 nitrogen and oxygen atoms in total. The molecule has 3 unspecified atom stereocenters. The molecule has 1 aliphatic heterocycles. The summed E-state index contributed by atoms with van der Waals surface area (Å²) in [5.41, 5.74) is 0. The number of hydrogen-bond acceptors (Lipinski definition) is 3. The van der Waals surface area contributed by atoms with Crippen molar-refractivity contribution < 1.29 is 4.74 Å². The summed E-state index contributed by atoms with van der Waals surface area (Å²) in [6.07, 6.45) is 4.08. The van der Waals surface area contributed by atoms with Crippen LogP contribution in [0.4, 0.5) is 0 Å². The molecule has 0 aliphatic carbocycles. The second kappa shape index (κ2) is 7.85. The molecule has 1 aliphatic rings. The van der Waals surface area contributed by atoms with E-state index in [2.05, 4.69) is 37.7 Å². The maximum atomic E-state index is 5.50. The molecule has 0 spiro atoms. The Labute approximate surface area is 106 Å². The Morgan fingerprint density at radius 3 is 2.88 bits per heavy atom. The summed E-state index contributed by atoms with van der Waals surface area (Å²) in [4.78, 5) is 2.45. The first-order chi connectivity index (χ1) is 8.15. The van der Waals surface area contributed by atoms with Crippen LogP contribution in [0.25, 0.3) is 0 Å². The van der Waals surface area contributed by atoms with Gasteiger partial charge in [-0.3, -0.25) is 0 Å². The second-order valence-electron chi connectivity index (χ2n) is 5.25. The first kappa shape index (κ1) is 14.7. The molecule has 0 aromatic rings. The van der Waals surface area contributed by atoms with Gasteiger partial charge in [-0.1, -0.05) is 13.0 Å². The van der Waals surface area contributed by atoms with Gasteiger partial charge in [-0.15, -0.1) is 6.58 Å². The molecule has 1 saturated heterocycles. The molecule has 1 N–H and O–H groups in total. The van der Waals surface area contributed by atoms with Crippen LogP contribution in [-0.4, -0.2) is 50.3 Å². The lowest BCUT2D eigenvalue weighted by atomic mass is 9.90. The molecule has 17 heavy (non-hydrogen) atoms. The molecule has 100 valence electrons. The topological polar surface area (TPSA) is 24.5 Å². The lowest BCUT2D eigenvalue weighted by molar-refractivity contribution is 0.104. The molecular formula is C14H28N2O. The van der Waals surface area contributed by atoms with E-state index < -0.39 is 0 Å². The van der Waals surface area contributed by atoms with Crippen LogP contribution in [0.2, 0.25) is 0 Å². The van der Waals surface area contributed by atoms with Crippen LogP contribution in [-0.2, 0) is 4.74 Å². The zero-order valence-corrected chi connectivity index (χ0v) is 11.6. The van der Waals surface area contributed by atoms with E-state index >= 15 is 0 Å². The lowest BCUT2D eigenvalue weighted by Gasteiger charge is -2.40. The van der Waals surface area contributed by atoms with Crippen LogP contribution in [0.3, 0.4) is 0 Å². The van der Waals surface area contributed by atoms with Crippen molar-refractivity contribution in [1.82, 2.24) is 10.2 Å². The normalized spacial score (nSPS) is 30.4. The number of nitrogens with one attached hydrogen (secondary N) is 1. The molecule has 0 saturated carbocycles. The molecule has 1 heterocycles. The third-order valence-corrected chi connectivity index (χ3v) is 3.73. The lowest BCUT2D eigenvalue weighted by Crippen LogP contribution is -2.51. The standard InChI is InChI=1S/C14H28N2O/c1-5-6-8-17-9-7-15-14-10-13(3)16(4)11-12(14)2/h5,12-15H,1,6-11H2,2-4H3. The Hall–Kier alpha value is -0.380. The monoisotopic (exact) mass is 240 g/mol. The Morgan fingerprint density at radius 2 is 2.18 bits per heavy atom.